The van der Waals surface area contributed by atoms with Crippen molar-refractivity contribution in [2.24, 2.45) is 0 Å². The van der Waals surface area contributed by atoms with Gasteiger partial charge in [-0.3, -0.25) is 0 Å². The molecule has 0 aromatic heterocycles. The molecule has 0 fully saturated rings. The zero-order valence-corrected chi connectivity index (χ0v) is 16.1. The Kier molecular flexibility index (Phi) is 182. The molecular formula is AsBiPbSnTi. The van der Waals surface area contributed by atoms with E-state index in [0.717, 1.165) is 0 Å². The summed E-state index contributed by atoms with van der Waals surface area (Å²) in [6.07, 6.45) is 0. The van der Waals surface area contributed by atoms with Gasteiger partial charge in [0.25, 0.3) is 0 Å². The minimum atomic E-state index is 0. The Morgan fingerprint density at radius 3 is 1.00 bits per heavy atom. The third-order valence-corrected chi connectivity index (χ3v) is 0. The van der Waals surface area contributed by atoms with Crippen LogP contribution in [0.25, 0.3) is 0 Å². The Bertz CT molecular complexity index is 11.6. The van der Waals surface area contributed by atoms with Gasteiger partial charge in [0.1, 0.15) is 0 Å². The molecule has 0 aliphatic rings. The molecule has 0 amide bonds. The summed E-state index contributed by atoms with van der Waals surface area (Å²) in [5.74, 6) is 0. The summed E-state index contributed by atoms with van der Waals surface area (Å²) in [5, 5.41) is 0. The van der Waals surface area contributed by atoms with Crippen molar-refractivity contribution in [2.75, 3.05) is 0 Å². The maximum absolute atomic E-state index is 0. The van der Waals surface area contributed by atoms with Gasteiger partial charge in [-0.05, 0) is 0 Å². The minimum absolute atomic E-state index is 0. The maximum Gasteiger partial charge on any atom is 0 e. The van der Waals surface area contributed by atoms with Crippen LogP contribution in [0.2, 0.25) is 0 Å². The van der Waals surface area contributed by atoms with E-state index in [1.165, 1.54) is 0 Å². The third-order valence-electron chi connectivity index (χ3n) is 0. The van der Waals surface area contributed by atoms with Crippen LogP contribution in [0.1, 0.15) is 0 Å². The number of hydrogen-bond acceptors (Lipinski definition) is 0. The minimum Gasteiger partial charge on any atom is 0 e. The molecule has 0 saturated carbocycles. The van der Waals surface area contributed by atoms with Crippen LogP contribution in [0.15, 0.2) is 0 Å². The van der Waals surface area contributed by atoms with Crippen molar-refractivity contribution in [3.8, 4) is 0 Å². The van der Waals surface area contributed by atoms with E-state index in [0.29, 0.717) is 0 Å². The van der Waals surface area contributed by atoms with Crippen LogP contribution in [0.5, 0.6) is 0 Å². The van der Waals surface area contributed by atoms with E-state index < -0.39 is 0 Å². The summed E-state index contributed by atoms with van der Waals surface area (Å²) >= 11 is 0. The van der Waals surface area contributed by atoms with Crippen LogP contribution in [-0.4, -0.2) is 95.4 Å². The molecule has 22 valence electrons. The quantitative estimate of drug-likeness (QED) is 0.278. The van der Waals surface area contributed by atoms with Crippen LogP contribution in [0.3, 0.4) is 0 Å². The largest absolute Gasteiger partial charge is 0 e. The molecule has 5 heteroatoms. The van der Waals surface area contributed by atoms with Gasteiger partial charge in [0.15, 0.2) is 0 Å². The van der Waals surface area contributed by atoms with E-state index in [9.17, 15) is 0 Å². The van der Waals surface area contributed by atoms with Gasteiger partial charge in [-0.1, -0.05) is 0 Å². The molecular weight excluding hydrogens is 658 g/mol. The van der Waals surface area contributed by atoms with Gasteiger partial charge in [0.2, 0.25) is 0 Å². The van der Waals surface area contributed by atoms with E-state index in [4.69, 9.17) is 0 Å². The normalized spacial score (nSPS) is 0. The van der Waals surface area contributed by atoms with E-state index >= 15 is 0 Å². The fourth-order valence-corrected chi connectivity index (χ4v) is 0. The first kappa shape index (κ1) is 36.6. The standard InChI is InChI=1S/As.Bi.Pb.Sn.Ti. The zero-order chi connectivity index (χ0) is 0. The van der Waals surface area contributed by atoms with Crippen LogP contribution in [0.4, 0.5) is 0 Å². The van der Waals surface area contributed by atoms with Gasteiger partial charge in [-0.2, -0.15) is 0 Å². The molecule has 0 aliphatic carbocycles. The van der Waals surface area contributed by atoms with Crippen LogP contribution in [-0.2, 0) is 21.7 Å². The molecule has 0 atom stereocenters. The number of hydrogen-bond donors (Lipinski definition) is 0. The second-order valence-corrected chi connectivity index (χ2v) is 0. The van der Waals surface area contributed by atoms with Crippen molar-refractivity contribution in [1.29, 1.82) is 0 Å². The summed E-state index contributed by atoms with van der Waals surface area (Å²) in [4.78, 5) is 0. The Hall–Kier alpha value is 3.88. The summed E-state index contributed by atoms with van der Waals surface area (Å²) < 4.78 is 0. The molecule has 0 spiro atoms. The summed E-state index contributed by atoms with van der Waals surface area (Å²) in [5.41, 5.74) is 0. The van der Waals surface area contributed by atoms with E-state index in [-0.39, 0.29) is 117 Å². The molecule has 0 saturated heterocycles. The molecule has 14 radical (unpaired) electrons. The van der Waals surface area contributed by atoms with Gasteiger partial charge >= 0.3 is 0 Å². The Morgan fingerprint density at radius 2 is 1.00 bits per heavy atom. The molecule has 0 aromatic rings. The molecule has 0 aliphatic heterocycles. The van der Waals surface area contributed by atoms with Gasteiger partial charge in [-0.25, -0.2) is 0 Å². The Balaban J connectivity index is 0. The average molecular weight is 658 g/mol. The van der Waals surface area contributed by atoms with Crippen molar-refractivity contribution < 1.29 is 21.7 Å². The molecule has 0 unspecified atom stereocenters. The molecule has 0 aromatic carbocycles. The van der Waals surface area contributed by atoms with Crippen molar-refractivity contribution in [3.63, 3.8) is 0 Å². The van der Waals surface area contributed by atoms with E-state index in [1.54, 1.807) is 0 Å². The van der Waals surface area contributed by atoms with Crippen LogP contribution < -0.4 is 0 Å². The number of rotatable bonds is 0. The monoisotopic (exact) mass is 660 g/mol. The second-order valence-electron chi connectivity index (χ2n) is 0. The predicted octanol–water partition coefficient (Wildman–Crippen LogP) is -1.53. The average Bonchev–Trinajstić information content (AvgIpc) is 0. The molecule has 0 bridgehead atoms. The van der Waals surface area contributed by atoms with Gasteiger partial charge < -0.3 is 0 Å². The van der Waals surface area contributed by atoms with Crippen molar-refractivity contribution >= 4 is 95.4 Å². The first-order valence-corrected chi connectivity index (χ1v) is 0. The van der Waals surface area contributed by atoms with E-state index in [1.807, 2.05) is 0 Å². The SMILES string of the molecule is [As].[Bi].[Pb].[Sn].[Ti]. The first-order chi connectivity index (χ1) is 0. The first-order valence-electron chi connectivity index (χ1n) is 0. The molecule has 5 heavy (non-hydrogen) atoms. The fourth-order valence-electron chi connectivity index (χ4n) is 0. The summed E-state index contributed by atoms with van der Waals surface area (Å²) in [7, 11) is 0. The smallest absolute Gasteiger partial charge is 0 e. The molecule has 0 nitrogen and oxygen atoms in total. The Morgan fingerprint density at radius 1 is 1.00 bits per heavy atom. The van der Waals surface area contributed by atoms with Gasteiger partial charge in [0.05, 0.1) is 0 Å². The van der Waals surface area contributed by atoms with Gasteiger partial charge in [-0.15, -0.1) is 0 Å². The fraction of sp³-hybridized carbons (Fsp3) is 0. The van der Waals surface area contributed by atoms with E-state index in [2.05, 4.69) is 0 Å². The molecule has 0 heterocycles. The molecule has 0 rings (SSSR count). The summed E-state index contributed by atoms with van der Waals surface area (Å²) in [6, 6.07) is 0. The van der Waals surface area contributed by atoms with Crippen molar-refractivity contribution in [2.45, 2.75) is 0 Å². The van der Waals surface area contributed by atoms with Crippen LogP contribution >= 0.6 is 0 Å². The topological polar surface area (TPSA) is 0 Å². The second kappa shape index (κ2) is 24.8. The van der Waals surface area contributed by atoms with Gasteiger partial charge in [0, 0.05) is 117 Å². The summed E-state index contributed by atoms with van der Waals surface area (Å²) in [6.45, 7) is 0. The van der Waals surface area contributed by atoms with Crippen molar-refractivity contribution in [3.05, 3.63) is 0 Å². The molecule has 0 N–H and O–H groups in total. The zero-order valence-electron chi connectivity index (χ0n) is 2.39. The predicted molar refractivity (Wildman–Crippen MR) is 23.0 cm³/mol. The van der Waals surface area contributed by atoms with Crippen LogP contribution in [0, 0.1) is 0 Å². The van der Waals surface area contributed by atoms with Crippen molar-refractivity contribution in [1.82, 2.24) is 0 Å². The third kappa shape index (κ3) is 18.1. The Labute approximate surface area is 114 Å². The maximum atomic E-state index is 0.